The second-order valence-corrected chi connectivity index (χ2v) is 7.76. The van der Waals surface area contributed by atoms with E-state index in [9.17, 15) is 34.8 Å². The van der Waals surface area contributed by atoms with Gasteiger partial charge in [-0.1, -0.05) is 12.1 Å². The van der Waals surface area contributed by atoms with Crippen LogP contribution >= 0.6 is 15.9 Å². The van der Waals surface area contributed by atoms with Gasteiger partial charge in [-0.2, -0.15) is 26.3 Å². The molecule has 2 aromatic rings. The molecule has 0 bridgehead atoms. The number of halogens is 7. The second-order valence-electron chi connectivity index (χ2n) is 5.17. The molecule has 142 valence electrons. The zero-order valence-electron chi connectivity index (χ0n) is 12.6. The molecule has 0 aliphatic heterocycles. The van der Waals surface area contributed by atoms with Crippen LogP contribution in [0.25, 0.3) is 0 Å². The Balaban J connectivity index is 2.36. The first-order valence-corrected chi connectivity index (χ1v) is 9.11. The largest absolute Gasteiger partial charge is 0.416 e. The van der Waals surface area contributed by atoms with Crippen LogP contribution in [0.15, 0.2) is 51.8 Å². The molecule has 0 saturated heterocycles. The van der Waals surface area contributed by atoms with Crippen molar-refractivity contribution in [3.8, 4) is 0 Å². The molecule has 11 heteroatoms. The van der Waals surface area contributed by atoms with Crippen LogP contribution in [0.2, 0.25) is 0 Å². The second kappa shape index (κ2) is 7.20. The van der Waals surface area contributed by atoms with E-state index in [0.717, 1.165) is 0 Å². The average Bonchev–Trinajstić information content (AvgIpc) is 2.51. The maximum absolute atomic E-state index is 12.8. The lowest BCUT2D eigenvalue weighted by Crippen LogP contribution is -2.24. The van der Waals surface area contributed by atoms with E-state index < -0.39 is 45.6 Å². The smallest absolute Gasteiger partial charge is 0.207 e. The van der Waals surface area contributed by atoms with Crippen molar-refractivity contribution in [2.24, 2.45) is 0 Å². The van der Waals surface area contributed by atoms with Gasteiger partial charge in [0.25, 0.3) is 0 Å². The van der Waals surface area contributed by atoms with Gasteiger partial charge < -0.3 is 0 Å². The van der Waals surface area contributed by atoms with Gasteiger partial charge in [0.2, 0.25) is 10.0 Å². The molecular formula is C15H10BrF6NO2S. The number of nitrogens with one attached hydrogen (secondary N) is 1. The summed E-state index contributed by atoms with van der Waals surface area (Å²) in [5.41, 5.74) is -3.49. The van der Waals surface area contributed by atoms with Crippen molar-refractivity contribution in [3.05, 3.63) is 63.6 Å². The Labute approximate surface area is 153 Å². The fraction of sp³-hybridized carbons (Fsp3) is 0.200. The molecule has 2 rings (SSSR count). The molecule has 3 nitrogen and oxygen atoms in total. The van der Waals surface area contributed by atoms with Crippen LogP contribution in [-0.4, -0.2) is 8.42 Å². The normalized spacial score (nSPS) is 13.0. The van der Waals surface area contributed by atoms with Crippen LogP contribution in [0.3, 0.4) is 0 Å². The van der Waals surface area contributed by atoms with Gasteiger partial charge in [0.15, 0.2) is 0 Å². The summed E-state index contributed by atoms with van der Waals surface area (Å²) in [4.78, 5) is -0.192. The van der Waals surface area contributed by atoms with Crippen molar-refractivity contribution in [1.82, 2.24) is 4.72 Å². The maximum Gasteiger partial charge on any atom is 0.416 e. The van der Waals surface area contributed by atoms with Gasteiger partial charge in [-0.05, 0) is 51.8 Å². The van der Waals surface area contributed by atoms with E-state index in [0.29, 0.717) is 12.1 Å². The number of alkyl halides is 6. The summed E-state index contributed by atoms with van der Waals surface area (Å²) in [6.45, 7) is -0.739. The van der Waals surface area contributed by atoms with Crippen LogP contribution < -0.4 is 4.72 Å². The number of rotatable bonds is 4. The van der Waals surface area contributed by atoms with Gasteiger partial charge in [0.1, 0.15) is 0 Å². The molecule has 0 aromatic heterocycles. The summed E-state index contributed by atoms with van der Waals surface area (Å²) in [6, 6.07) is 6.55. The Bertz CT molecular complexity index is 877. The van der Waals surface area contributed by atoms with E-state index in [1.807, 2.05) is 4.72 Å². The van der Waals surface area contributed by atoms with Gasteiger partial charge in [0, 0.05) is 11.0 Å². The molecule has 1 N–H and O–H groups in total. The van der Waals surface area contributed by atoms with E-state index in [2.05, 4.69) is 15.9 Å². The van der Waals surface area contributed by atoms with Gasteiger partial charge in [-0.3, -0.25) is 0 Å². The molecule has 0 unspecified atom stereocenters. The van der Waals surface area contributed by atoms with Gasteiger partial charge >= 0.3 is 12.4 Å². The lowest BCUT2D eigenvalue weighted by atomic mass is 10.0. The van der Waals surface area contributed by atoms with Crippen LogP contribution in [0.5, 0.6) is 0 Å². The number of hydrogen-bond donors (Lipinski definition) is 1. The highest BCUT2D eigenvalue weighted by molar-refractivity contribution is 9.10. The summed E-state index contributed by atoms with van der Waals surface area (Å²) in [5, 5.41) is 0. The van der Waals surface area contributed by atoms with Crippen molar-refractivity contribution in [2.45, 2.75) is 23.8 Å². The first-order chi connectivity index (χ1) is 11.8. The van der Waals surface area contributed by atoms with E-state index in [1.165, 1.54) is 18.2 Å². The highest BCUT2D eigenvalue weighted by Gasteiger charge is 2.37. The van der Waals surface area contributed by atoms with Crippen molar-refractivity contribution in [3.63, 3.8) is 0 Å². The molecular weight excluding hydrogens is 452 g/mol. The monoisotopic (exact) mass is 461 g/mol. The minimum absolute atomic E-state index is 0.0220. The molecule has 0 aliphatic rings. The highest BCUT2D eigenvalue weighted by Crippen LogP contribution is 2.36. The molecule has 0 amide bonds. The standard InChI is InChI=1S/C15H10BrF6NO2S/c16-12-3-1-2-4-13(12)26(24,25)23-8-9-5-10(14(17,18)19)7-11(6-9)15(20,21)22/h1-7,23H,8H2. The molecule has 0 saturated carbocycles. The van der Waals surface area contributed by atoms with Crippen LogP contribution in [0.4, 0.5) is 26.3 Å². The van der Waals surface area contributed by atoms with Crippen molar-refractivity contribution < 1.29 is 34.8 Å². The third-order valence-corrected chi connectivity index (χ3v) is 5.65. The topological polar surface area (TPSA) is 46.2 Å². The minimum Gasteiger partial charge on any atom is -0.207 e. The zero-order valence-corrected chi connectivity index (χ0v) is 15.0. The molecule has 0 radical (unpaired) electrons. The number of sulfonamides is 1. The Hall–Kier alpha value is -1.59. The Kier molecular flexibility index (Phi) is 5.74. The van der Waals surface area contributed by atoms with E-state index in [4.69, 9.17) is 0 Å². The molecule has 26 heavy (non-hydrogen) atoms. The fourth-order valence-electron chi connectivity index (χ4n) is 2.04. The van der Waals surface area contributed by atoms with Gasteiger partial charge in [-0.15, -0.1) is 0 Å². The average molecular weight is 462 g/mol. The van der Waals surface area contributed by atoms with Gasteiger partial charge in [0.05, 0.1) is 16.0 Å². The quantitative estimate of drug-likeness (QED) is 0.653. The minimum atomic E-state index is -5.00. The first kappa shape index (κ1) is 20.7. The molecule has 0 spiro atoms. The number of benzene rings is 2. The third-order valence-electron chi connectivity index (χ3n) is 3.24. The summed E-state index contributed by atoms with van der Waals surface area (Å²) in [5.74, 6) is 0. The maximum atomic E-state index is 12.8. The number of hydrogen-bond acceptors (Lipinski definition) is 2. The van der Waals surface area contributed by atoms with Crippen LogP contribution in [0.1, 0.15) is 16.7 Å². The summed E-state index contributed by atoms with van der Waals surface area (Å²) in [7, 11) is -4.15. The van der Waals surface area contributed by atoms with E-state index >= 15 is 0 Å². The van der Waals surface area contributed by atoms with Crippen molar-refractivity contribution in [2.75, 3.05) is 0 Å². The van der Waals surface area contributed by atoms with E-state index in [-0.39, 0.29) is 15.4 Å². The molecule has 0 atom stereocenters. The molecule has 0 heterocycles. The van der Waals surface area contributed by atoms with Crippen LogP contribution in [0, 0.1) is 0 Å². The lowest BCUT2D eigenvalue weighted by molar-refractivity contribution is -0.143. The predicted octanol–water partition coefficient (Wildman–Crippen LogP) is 4.97. The SMILES string of the molecule is O=S(=O)(NCc1cc(C(F)(F)F)cc(C(F)(F)F)c1)c1ccccc1Br. The van der Waals surface area contributed by atoms with Crippen molar-refractivity contribution in [1.29, 1.82) is 0 Å². The predicted molar refractivity (Wildman–Crippen MR) is 84.6 cm³/mol. The molecule has 0 aliphatic carbocycles. The zero-order chi connectivity index (χ0) is 19.8. The summed E-state index contributed by atoms with van der Waals surface area (Å²) in [6.07, 6.45) is -10.0. The Morgan fingerprint density at radius 1 is 0.885 bits per heavy atom. The summed E-state index contributed by atoms with van der Waals surface area (Å²) < 4.78 is 104. The summed E-state index contributed by atoms with van der Waals surface area (Å²) >= 11 is 3.02. The van der Waals surface area contributed by atoms with E-state index in [1.54, 1.807) is 6.07 Å². The Morgan fingerprint density at radius 3 is 1.85 bits per heavy atom. The fourth-order valence-corrected chi connectivity index (χ4v) is 4.06. The first-order valence-electron chi connectivity index (χ1n) is 6.83. The molecule has 2 aromatic carbocycles. The van der Waals surface area contributed by atoms with Gasteiger partial charge in [-0.25, -0.2) is 13.1 Å². The lowest BCUT2D eigenvalue weighted by Gasteiger charge is -2.15. The molecule has 0 fully saturated rings. The Morgan fingerprint density at radius 2 is 1.38 bits per heavy atom. The van der Waals surface area contributed by atoms with Crippen molar-refractivity contribution >= 4 is 26.0 Å². The third kappa shape index (κ3) is 4.98. The van der Waals surface area contributed by atoms with Crippen LogP contribution in [-0.2, 0) is 28.9 Å². The highest BCUT2D eigenvalue weighted by atomic mass is 79.9.